The summed E-state index contributed by atoms with van der Waals surface area (Å²) in [4.78, 5) is 37.8. The molecule has 0 aliphatic heterocycles. The van der Waals surface area contributed by atoms with E-state index in [-0.39, 0.29) is 44.0 Å². The molecule has 332 valence electrons. The number of unbranched alkanes of at least 4 members (excludes halogenated alkanes) is 11. The first kappa shape index (κ1) is 55.1. The summed E-state index contributed by atoms with van der Waals surface area (Å²) in [6, 6.07) is 0. The van der Waals surface area contributed by atoms with Crippen molar-refractivity contribution in [1.82, 2.24) is 0 Å². The normalized spacial score (nSPS) is 13.1. The molecular formula is C53H84O6. The maximum Gasteiger partial charge on any atom is 0.306 e. The van der Waals surface area contributed by atoms with Crippen molar-refractivity contribution in [3.8, 4) is 0 Å². The zero-order valence-corrected chi connectivity index (χ0v) is 37.7. The molecule has 0 aromatic heterocycles. The monoisotopic (exact) mass is 817 g/mol. The van der Waals surface area contributed by atoms with Crippen molar-refractivity contribution in [2.24, 2.45) is 0 Å². The van der Waals surface area contributed by atoms with Gasteiger partial charge in [0.2, 0.25) is 0 Å². The first-order valence-electron chi connectivity index (χ1n) is 23.4. The average Bonchev–Trinajstić information content (AvgIpc) is 3.23. The highest BCUT2D eigenvalue weighted by molar-refractivity contribution is 5.71. The molecule has 59 heavy (non-hydrogen) atoms. The van der Waals surface area contributed by atoms with Crippen molar-refractivity contribution in [1.29, 1.82) is 0 Å². The Balaban J connectivity index is 4.55. The second-order valence-electron chi connectivity index (χ2n) is 14.9. The van der Waals surface area contributed by atoms with E-state index in [1.807, 2.05) is 0 Å². The molecule has 0 bridgehead atoms. The van der Waals surface area contributed by atoms with Gasteiger partial charge in [0.05, 0.1) is 0 Å². The van der Waals surface area contributed by atoms with Crippen LogP contribution in [-0.2, 0) is 28.6 Å². The lowest BCUT2D eigenvalue weighted by Gasteiger charge is -2.18. The average molecular weight is 817 g/mol. The van der Waals surface area contributed by atoms with Crippen molar-refractivity contribution in [3.63, 3.8) is 0 Å². The number of allylic oxidation sites excluding steroid dienone is 18. The van der Waals surface area contributed by atoms with Gasteiger partial charge in [-0.05, 0) is 116 Å². The summed E-state index contributed by atoms with van der Waals surface area (Å²) < 4.78 is 16.6. The fourth-order valence-corrected chi connectivity index (χ4v) is 5.78. The van der Waals surface area contributed by atoms with Gasteiger partial charge in [-0.2, -0.15) is 0 Å². The first-order valence-corrected chi connectivity index (χ1v) is 23.4. The molecule has 0 aromatic carbocycles. The fourth-order valence-electron chi connectivity index (χ4n) is 5.78. The molecule has 0 amide bonds. The molecule has 1 unspecified atom stereocenters. The number of carbonyl (C=O) groups excluding carboxylic acids is 3. The van der Waals surface area contributed by atoms with Crippen molar-refractivity contribution >= 4 is 17.9 Å². The molecule has 0 spiro atoms. The topological polar surface area (TPSA) is 78.9 Å². The number of carbonyl (C=O) groups is 3. The maximum atomic E-state index is 12.7. The van der Waals surface area contributed by atoms with Gasteiger partial charge in [-0.3, -0.25) is 14.4 Å². The molecular weight excluding hydrogens is 733 g/mol. The van der Waals surface area contributed by atoms with Crippen LogP contribution in [0.5, 0.6) is 0 Å². The molecule has 0 aliphatic carbocycles. The van der Waals surface area contributed by atoms with Gasteiger partial charge in [-0.25, -0.2) is 0 Å². The molecule has 0 heterocycles. The molecule has 0 fully saturated rings. The number of esters is 3. The molecule has 0 rings (SSSR count). The Hall–Kier alpha value is -3.93. The van der Waals surface area contributed by atoms with Gasteiger partial charge in [-0.1, -0.05) is 162 Å². The molecule has 1 atom stereocenters. The molecule has 0 aliphatic rings. The predicted molar refractivity (Wildman–Crippen MR) is 251 cm³/mol. The van der Waals surface area contributed by atoms with Crippen LogP contribution in [0.25, 0.3) is 0 Å². The maximum absolute atomic E-state index is 12.7. The van der Waals surface area contributed by atoms with E-state index < -0.39 is 6.10 Å². The summed E-state index contributed by atoms with van der Waals surface area (Å²) >= 11 is 0. The summed E-state index contributed by atoms with van der Waals surface area (Å²) in [7, 11) is 0. The molecule has 6 heteroatoms. The van der Waals surface area contributed by atoms with E-state index in [0.29, 0.717) is 19.3 Å². The number of hydrogen-bond acceptors (Lipinski definition) is 6. The molecule has 0 radical (unpaired) electrons. The SMILES string of the molecule is CC/C=C\C/C=C\C/C=C\C/C=C\C/C=C\CCCC(=O)OCC(COC(=O)CCCCCCC/C=C\CCCCC)OC(=O)CCCC/C=C\C/C=C\C/C=C\CC. The van der Waals surface area contributed by atoms with Crippen LogP contribution in [0.1, 0.15) is 188 Å². The second-order valence-corrected chi connectivity index (χ2v) is 14.9. The van der Waals surface area contributed by atoms with Gasteiger partial charge in [0.15, 0.2) is 6.10 Å². The lowest BCUT2D eigenvalue weighted by atomic mass is 10.1. The third-order valence-electron chi connectivity index (χ3n) is 9.24. The van der Waals surface area contributed by atoms with Gasteiger partial charge in [0.25, 0.3) is 0 Å². The van der Waals surface area contributed by atoms with E-state index in [9.17, 15) is 14.4 Å². The van der Waals surface area contributed by atoms with E-state index >= 15 is 0 Å². The smallest absolute Gasteiger partial charge is 0.306 e. The van der Waals surface area contributed by atoms with Crippen molar-refractivity contribution in [2.45, 2.75) is 194 Å². The lowest BCUT2D eigenvalue weighted by Crippen LogP contribution is -2.30. The summed E-state index contributed by atoms with van der Waals surface area (Å²) in [6.07, 6.45) is 62.2. The van der Waals surface area contributed by atoms with Crippen LogP contribution < -0.4 is 0 Å². The van der Waals surface area contributed by atoms with E-state index in [2.05, 4.69) is 130 Å². The number of rotatable bonds is 40. The number of ether oxygens (including phenoxy) is 3. The Labute approximate surface area is 361 Å². The largest absolute Gasteiger partial charge is 0.462 e. The van der Waals surface area contributed by atoms with Crippen molar-refractivity contribution in [2.75, 3.05) is 13.2 Å². The standard InChI is InChI=1S/C53H84O6/c1-4-7-10-13-16-19-22-25-26-27-28-29-32-34-37-40-43-46-52(55)58-49-50(59-53(56)47-44-41-38-35-31-24-21-18-15-12-9-6-3)48-57-51(54)45-42-39-36-33-30-23-20-17-14-11-8-5-2/h7,9-10,12,16-21,25-26,28-29,31,34-35,37,50H,4-6,8,11,13-15,22-24,27,30,32-33,36,38-49H2,1-3H3/b10-7-,12-9-,19-16-,20-17-,21-18-,26-25-,29-28-,35-31-,37-34-. The van der Waals surface area contributed by atoms with Crippen LogP contribution >= 0.6 is 0 Å². The Morgan fingerprint density at radius 3 is 1.15 bits per heavy atom. The Kier molecular flexibility index (Phi) is 43.6. The van der Waals surface area contributed by atoms with Crippen LogP contribution in [0.15, 0.2) is 109 Å². The Morgan fingerprint density at radius 1 is 0.356 bits per heavy atom. The second kappa shape index (κ2) is 46.8. The highest BCUT2D eigenvalue weighted by Crippen LogP contribution is 2.11. The minimum absolute atomic E-state index is 0.118. The number of hydrogen-bond donors (Lipinski definition) is 0. The van der Waals surface area contributed by atoms with Gasteiger partial charge in [0.1, 0.15) is 13.2 Å². The van der Waals surface area contributed by atoms with Crippen molar-refractivity contribution < 1.29 is 28.6 Å². The Morgan fingerprint density at radius 2 is 0.678 bits per heavy atom. The Bertz CT molecular complexity index is 1260. The van der Waals surface area contributed by atoms with Crippen molar-refractivity contribution in [3.05, 3.63) is 109 Å². The van der Waals surface area contributed by atoms with Crippen LogP contribution in [0.3, 0.4) is 0 Å². The molecule has 0 saturated carbocycles. The van der Waals surface area contributed by atoms with E-state index in [4.69, 9.17) is 14.2 Å². The molecule has 0 N–H and O–H groups in total. The van der Waals surface area contributed by atoms with Gasteiger partial charge in [-0.15, -0.1) is 0 Å². The van der Waals surface area contributed by atoms with Gasteiger partial charge >= 0.3 is 17.9 Å². The minimum atomic E-state index is -0.824. The zero-order chi connectivity index (χ0) is 43.0. The summed E-state index contributed by atoms with van der Waals surface area (Å²) in [5.74, 6) is -1.04. The van der Waals surface area contributed by atoms with E-state index in [1.54, 1.807) is 0 Å². The van der Waals surface area contributed by atoms with Crippen LogP contribution in [0.4, 0.5) is 0 Å². The third kappa shape index (κ3) is 45.0. The van der Waals surface area contributed by atoms with Crippen LogP contribution in [-0.4, -0.2) is 37.2 Å². The molecule has 0 saturated heterocycles. The fraction of sp³-hybridized carbons (Fsp3) is 0.604. The molecule has 0 aromatic rings. The van der Waals surface area contributed by atoms with Crippen LogP contribution in [0, 0.1) is 0 Å². The van der Waals surface area contributed by atoms with Gasteiger partial charge in [0, 0.05) is 19.3 Å². The van der Waals surface area contributed by atoms with E-state index in [1.165, 1.54) is 32.1 Å². The lowest BCUT2D eigenvalue weighted by molar-refractivity contribution is -0.167. The minimum Gasteiger partial charge on any atom is -0.462 e. The third-order valence-corrected chi connectivity index (χ3v) is 9.24. The zero-order valence-electron chi connectivity index (χ0n) is 37.7. The van der Waals surface area contributed by atoms with E-state index in [0.717, 1.165) is 103 Å². The highest BCUT2D eigenvalue weighted by Gasteiger charge is 2.19. The summed E-state index contributed by atoms with van der Waals surface area (Å²) in [6.45, 7) is 6.26. The molecule has 6 nitrogen and oxygen atoms in total. The van der Waals surface area contributed by atoms with Crippen LogP contribution in [0.2, 0.25) is 0 Å². The first-order chi connectivity index (χ1) is 29.0. The van der Waals surface area contributed by atoms with Gasteiger partial charge < -0.3 is 14.2 Å². The highest BCUT2D eigenvalue weighted by atomic mass is 16.6. The quantitative estimate of drug-likeness (QED) is 0.0265. The summed E-state index contributed by atoms with van der Waals surface area (Å²) in [5, 5.41) is 0. The predicted octanol–water partition coefficient (Wildman–Crippen LogP) is 15.2. The summed E-state index contributed by atoms with van der Waals surface area (Å²) in [5.41, 5.74) is 0.